The van der Waals surface area contributed by atoms with Gasteiger partial charge in [0.05, 0.1) is 13.7 Å². The first kappa shape index (κ1) is 17.2. The lowest BCUT2D eigenvalue weighted by molar-refractivity contribution is -0.940. The monoisotopic (exact) mass is 393 g/mol. The molecule has 2 aromatic carbocycles. The summed E-state index contributed by atoms with van der Waals surface area (Å²) in [6.45, 7) is 1.90. The van der Waals surface area contributed by atoms with E-state index in [-0.39, 0.29) is 11.9 Å². The minimum atomic E-state index is -0.0167. The van der Waals surface area contributed by atoms with Crippen LogP contribution in [-0.4, -0.2) is 33.4 Å². The van der Waals surface area contributed by atoms with Crippen LogP contribution in [0.25, 0.3) is 4.96 Å². The smallest absolute Gasteiger partial charge is 0.235 e. The van der Waals surface area contributed by atoms with Crippen molar-refractivity contribution < 1.29 is 14.7 Å². The van der Waals surface area contributed by atoms with Crippen molar-refractivity contribution in [2.45, 2.75) is 19.0 Å². The van der Waals surface area contributed by atoms with Crippen molar-refractivity contribution in [3.8, 4) is 11.6 Å². The average molecular weight is 393 g/mol. The van der Waals surface area contributed by atoms with Crippen LogP contribution < -0.4 is 9.64 Å². The fraction of sp³-hybridized carbons (Fsp3) is 0.238. The molecule has 0 saturated carbocycles. The number of fused-ring (bicyclic) bond motifs is 2. The second-order valence-electron chi connectivity index (χ2n) is 7.06. The molecule has 2 N–H and O–H groups in total. The van der Waals surface area contributed by atoms with Gasteiger partial charge in [-0.05, 0) is 17.7 Å². The Morgan fingerprint density at radius 1 is 1.18 bits per heavy atom. The minimum absolute atomic E-state index is 0.0167. The first-order chi connectivity index (χ1) is 13.7. The largest absolute Gasteiger partial charge is 0.497 e. The van der Waals surface area contributed by atoms with E-state index in [9.17, 15) is 5.11 Å². The lowest BCUT2D eigenvalue weighted by atomic mass is 9.95. The van der Waals surface area contributed by atoms with Crippen molar-refractivity contribution in [2.75, 3.05) is 13.7 Å². The SMILES string of the molecule is COc1cccc([C@H](c2sc3ncnn3c2O)[NH+]2CCc3ccccc3C2)c1. The Labute approximate surface area is 166 Å². The number of rotatable bonds is 4. The second kappa shape index (κ2) is 6.92. The summed E-state index contributed by atoms with van der Waals surface area (Å²) >= 11 is 1.50. The van der Waals surface area contributed by atoms with E-state index in [2.05, 4.69) is 46.5 Å². The van der Waals surface area contributed by atoms with E-state index >= 15 is 0 Å². The molecule has 28 heavy (non-hydrogen) atoms. The summed E-state index contributed by atoms with van der Waals surface area (Å²) in [6.07, 6.45) is 2.49. The summed E-state index contributed by atoms with van der Waals surface area (Å²) in [5, 5.41) is 15.1. The molecule has 0 fully saturated rings. The second-order valence-corrected chi connectivity index (χ2v) is 8.07. The van der Waals surface area contributed by atoms with Crippen LogP contribution in [-0.2, 0) is 13.0 Å². The zero-order valence-corrected chi connectivity index (χ0v) is 16.3. The summed E-state index contributed by atoms with van der Waals surface area (Å²) in [6, 6.07) is 16.7. The van der Waals surface area contributed by atoms with Gasteiger partial charge in [-0.3, -0.25) is 0 Å². The number of hydrogen-bond donors (Lipinski definition) is 2. The van der Waals surface area contributed by atoms with Gasteiger partial charge in [0.2, 0.25) is 10.8 Å². The average Bonchev–Trinajstić information content (AvgIpc) is 3.32. The molecule has 0 saturated heterocycles. The highest BCUT2D eigenvalue weighted by molar-refractivity contribution is 7.17. The quantitative estimate of drug-likeness (QED) is 0.558. The number of benzene rings is 2. The number of hydrogen-bond acceptors (Lipinski definition) is 5. The Morgan fingerprint density at radius 2 is 2.04 bits per heavy atom. The van der Waals surface area contributed by atoms with Crippen LogP contribution in [0, 0.1) is 0 Å². The highest BCUT2D eigenvalue weighted by Crippen LogP contribution is 2.35. The predicted octanol–water partition coefficient (Wildman–Crippen LogP) is 2.24. The van der Waals surface area contributed by atoms with Gasteiger partial charge in [0.25, 0.3) is 0 Å². The van der Waals surface area contributed by atoms with E-state index < -0.39 is 0 Å². The molecular formula is C21H21N4O2S+. The van der Waals surface area contributed by atoms with Gasteiger partial charge in [-0.1, -0.05) is 47.7 Å². The van der Waals surface area contributed by atoms with Gasteiger partial charge in [0.1, 0.15) is 23.5 Å². The molecule has 1 unspecified atom stereocenters. The Bertz CT molecular complexity index is 1140. The van der Waals surface area contributed by atoms with Crippen LogP contribution in [0.4, 0.5) is 0 Å². The maximum absolute atomic E-state index is 10.9. The molecule has 6 nitrogen and oxygen atoms in total. The van der Waals surface area contributed by atoms with E-state index in [4.69, 9.17) is 4.74 Å². The van der Waals surface area contributed by atoms with Gasteiger partial charge in [-0.25, -0.2) is 4.98 Å². The molecule has 4 aromatic rings. The molecule has 0 aliphatic carbocycles. The third kappa shape index (κ3) is 2.83. The van der Waals surface area contributed by atoms with Gasteiger partial charge in [-0.2, -0.15) is 9.61 Å². The molecule has 1 aliphatic heterocycles. The zero-order chi connectivity index (χ0) is 19.1. The number of aromatic nitrogens is 3. The Morgan fingerprint density at radius 3 is 2.86 bits per heavy atom. The fourth-order valence-corrected chi connectivity index (χ4v) is 5.24. The Hall–Kier alpha value is -2.90. The van der Waals surface area contributed by atoms with E-state index in [1.165, 1.54) is 38.2 Å². The fourth-order valence-electron chi connectivity index (χ4n) is 4.12. The molecule has 142 valence electrons. The third-order valence-electron chi connectivity index (χ3n) is 5.49. The third-order valence-corrected chi connectivity index (χ3v) is 6.59. The lowest BCUT2D eigenvalue weighted by Crippen LogP contribution is -3.12. The number of ether oxygens (including phenoxy) is 1. The standard InChI is InChI=1S/C21H20N4O2S/c1-27-17-8-4-7-15(11-17)18(19-20(26)25-21(28-19)22-13-23-25)24-10-9-14-5-2-3-6-16(14)12-24/h2-8,11,13,18,26H,9-10,12H2,1H3/p+1/t18-/m1/s1. The maximum Gasteiger partial charge on any atom is 0.235 e. The Balaban J connectivity index is 1.62. The topological polar surface area (TPSA) is 64.1 Å². The van der Waals surface area contributed by atoms with E-state index in [1.54, 1.807) is 7.11 Å². The van der Waals surface area contributed by atoms with Gasteiger partial charge in [0.15, 0.2) is 6.04 Å². The molecule has 0 spiro atoms. The summed E-state index contributed by atoms with van der Waals surface area (Å²) in [5.74, 6) is 0.995. The van der Waals surface area contributed by atoms with Crippen molar-refractivity contribution in [2.24, 2.45) is 0 Å². The molecular weight excluding hydrogens is 372 g/mol. The number of thiazole rings is 1. The molecule has 5 rings (SSSR count). The van der Waals surface area contributed by atoms with Crippen LogP contribution in [0.2, 0.25) is 0 Å². The number of nitrogens with one attached hydrogen (secondary N) is 1. The van der Waals surface area contributed by atoms with E-state index in [0.29, 0.717) is 4.96 Å². The van der Waals surface area contributed by atoms with Crippen molar-refractivity contribution in [3.63, 3.8) is 0 Å². The molecule has 0 radical (unpaired) electrons. The van der Waals surface area contributed by atoms with Crippen LogP contribution in [0.3, 0.4) is 0 Å². The first-order valence-corrected chi connectivity index (χ1v) is 10.1. The van der Waals surface area contributed by atoms with Gasteiger partial charge in [-0.15, -0.1) is 0 Å². The summed E-state index contributed by atoms with van der Waals surface area (Å²) < 4.78 is 6.98. The normalized spacial score (nSPS) is 17.4. The predicted molar refractivity (Wildman–Crippen MR) is 107 cm³/mol. The van der Waals surface area contributed by atoms with E-state index in [1.807, 2.05) is 12.1 Å². The van der Waals surface area contributed by atoms with Gasteiger partial charge < -0.3 is 14.7 Å². The molecule has 3 heterocycles. The van der Waals surface area contributed by atoms with Gasteiger partial charge >= 0.3 is 0 Å². The summed E-state index contributed by atoms with van der Waals surface area (Å²) in [7, 11) is 1.68. The number of aromatic hydroxyl groups is 1. The lowest BCUT2D eigenvalue weighted by Gasteiger charge is -2.32. The Kier molecular flexibility index (Phi) is 4.26. The van der Waals surface area contributed by atoms with Crippen molar-refractivity contribution in [1.82, 2.24) is 14.6 Å². The number of nitrogens with zero attached hydrogens (tertiary/aromatic N) is 3. The summed E-state index contributed by atoms with van der Waals surface area (Å²) in [5.41, 5.74) is 3.91. The van der Waals surface area contributed by atoms with Gasteiger partial charge in [0, 0.05) is 17.5 Å². The van der Waals surface area contributed by atoms with E-state index in [0.717, 1.165) is 35.7 Å². The minimum Gasteiger partial charge on any atom is -0.497 e. The van der Waals surface area contributed by atoms with Crippen molar-refractivity contribution in [3.05, 3.63) is 76.4 Å². The maximum atomic E-state index is 10.9. The number of quaternary nitrogens is 1. The van der Waals surface area contributed by atoms with Crippen LogP contribution in [0.1, 0.15) is 27.6 Å². The first-order valence-electron chi connectivity index (χ1n) is 9.31. The summed E-state index contributed by atoms with van der Waals surface area (Å²) in [4.78, 5) is 7.26. The van der Waals surface area contributed by atoms with Crippen LogP contribution >= 0.6 is 11.3 Å². The highest BCUT2D eigenvalue weighted by atomic mass is 32.1. The van der Waals surface area contributed by atoms with Crippen LogP contribution in [0.5, 0.6) is 11.6 Å². The molecule has 1 aliphatic rings. The molecule has 2 atom stereocenters. The number of methoxy groups -OCH3 is 1. The molecule has 0 amide bonds. The van der Waals surface area contributed by atoms with Crippen LogP contribution in [0.15, 0.2) is 54.9 Å². The molecule has 7 heteroatoms. The van der Waals surface area contributed by atoms with Crippen molar-refractivity contribution in [1.29, 1.82) is 0 Å². The zero-order valence-electron chi connectivity index (χ0n) is 15.5. The van der Waals surface area contributed by atoms with Crippen molar-refractivity contribution >= 4 is 16.3 Å². The molecule has 2 aromatic heterocycles. The molecule has 0 bridgehead atoms. The highest BCUT2D eigenvalue weighted by Gasteiger charge is 2.34.